The highest BCUT2D eigenvalue weighted by atomic mass is 32.1. The van der Waals surface area contributed by atoms with Gasteiger partial charge in [0.1, 0.15) is 5.00 Å². The first kappa shape index (κ1) is 21.2. The smallest absolute Gasteiger partial charge is 0.341 e. The number of benzene rings is 1. The Morgan fingerprint density at radius 2 is 1.84 bits per heavy atom. The maximum Gasteiger partial charge on any atom is 0.341 e. The Kier molecular flexibility index (Phi) is 5.91. The number of rotatable bonds is 4. The fraction of sp³-hybridized carbons (Fsp3) is 0.391. The summed E-state index contributed by atoms with van der Waals surface area (Å²) in [6, 6.07) is 6.75. The molecule has 0 atom stereocenters. The molecule has 7 nitrogen and oxygen atoms in total. The van der Waals surface area contributed by atoms with Gasteiger partial charge in [0.25, 0.3) is 11.5 Å². The largest absolute Gasteiger partial charge is 0.465 e. The number of hydrogen-bond donors (Lipinski definition) is 1. The lowest BCUT2D eigenvalue weighted by atomic mass is 10.1. The van der Waals surface area contributed by atoms with Gasteiger partial charge in [0.05, 0.1) is 24.1 Å². The summed E-state index contributed by atoms with van der Waals surface area (Å²) in [5.74, 6) is -0.896. The van der Waals surface area contributed by atoms with Crippen LogP contribution in [0.15, 0.2) is 29.1 Å². The molecule has 4 rings (SSSR count). The maximum atomic E-state index is 13.3. The molecule has 1 amide bonds. The molecule has 0 radical (unpaired) electrons. The molecular formula is C23H25N3O4S. The van der Waals surface area contributed by atoms with Crippen LogP contribution in [0.3, 0.4) is 0 Å². The quantitative estimate of drug-likeness (QED) is 0.482. The summed E-state index contributed by atoms with van der Waals surface area (Å²) in [6.07, 6.45) is 4.88. The van der Waals surface area contributed by atoms with Gasteiger partial charge in [-0.2, -0.15) is 5.10 Å². The molecule has 0 saturated heterocycles. The number of carbonyl (C=O) groups excluding carboxylic acids is 2. The van der Waals surface area contributed by atoms with Crippen LogP contribution in [-0.4, -0.2) is 28.8 Å². The van der Waals surface area contributed by atoms with Crippen molar-refractivity contribution in [1.82, 2.24) is 9.78 Å². The molecule has 31 heavy (non-hydrogen) atoms. The first-order valence-electron chi connectivity index (χ1n) is 10.5. The van der Waals surface area contributed by atoms with Crippen LogP contribution < -0.4 is 10.9 Å². The van der Waals surface area contributed by atoms with Crippen LogP contribution in [-0.2, 0) is 17.6 Å². The van der Waals surface area contributed by atoms with E-state index in [9.17, 15) is 14.4 Å². The fourth-order valence-electron chi connectivity index (χ4n) is 4.04. The topological polar surface area (TPSA) is 90.3 Å². The van der Waals surface area contributed by atoms with Gasteiger partial charge in [-0.15, -0.1) is 11.3 Å². The van der Waals surface area contributed by atoms with Gasteiger partial charge < -0.3 is 10.1 Å². The molecule has 0 bridgehead atoms. The van der Waals surface area contributed by atoms with Crippen molar-refractivity contribution in [1.29, 1.82) is 0 Å². The molecule has 162 valence electrons. The number of thiophene rings is 1. The molecule has 1 aliphatic carbocycles. The lowest BCUT2D eigenvalue weighted by Crippen LogP contribution is -2.29. The highest BCUT2D eigenvalue weighted by molar-refractivity contribution is 7.17. The van der Waals surface area contributed by atoms with Gasteiger partial charge in [-0.05, 0) is 51.2 Å². The van der Waals surface area contributed by atoms with Gasteiger partial charge in [0.2, 0.25) is 0 Å². The second kappa shape index (κ2) is 8.63. The maximum absolute atomic E-state index is 13.3. The zero-order chi connectivity index (χ0) is 22.1. The monoisotopic (exact) mass is 439 g/mol. The number of aromatic nitrogens is 2. The van der Waals surface area contributed by atoms with Crippen molar-refractivity contribution in [3.05, 3.63) is 56.3 Å². The molecule has 0 aliphatic heterocycles. The summed E-state index contributed by atoms with van der Waals surface area (Å²) in [7, 11) is 1.35. The summed E-state index contributed by atoms with van der Waals surface area (Å²) in [4.78, 5) is 39.8. The zero-order valence-corrected chi connectivity index (χ0v) is 18.7. The average molecular weight is 440 g/mol. The number of amides is 1. The molecular weight excluding hydrogens is 414 g/mol. The van der Waals surface area contributed by atoms with E-state index >= 15 is 0 Å². The molecule has 1 aliphatic rings. The van der Waals surface area contributed by atoms with E-state index in [1.165, 1.54) is 23.1 Å². The molecule has 0 unspecified atom stereocenters. The minimum atomic E-state index is -0.452. The van der Waals surface area contributed by atoms with E-state index < -0.39 is 11.9 Å². The lowest BCUT2D eigenvalue weighted by Gasteiger charge is -2.13. The van der Waals surface area contributed by atoms with Crippen molar-refractivity contribution < 1.29 is 14.3 Å². The number of carbonyl (C=O) groups is 2. The predicted octanol–water partition coefficient (Wildman–Crippen LogP) is 4.35. The second-order valence-corrected chi connectivity index (χ2v) is 9.06. The van der Waals surface area contributed by atoms with Crippen molar-refractivity contribution in [2.45, 2.75) is 52.0 Å². The summed E-state index contributed by atoms with van der Waals surface area (Å²) in [5.41, 5.74) is 1.34. The average Bonchev–Trinajstić information content (AvgIpc) is 2.93. The Morgan fingerprint density at radius 1 is 1.13 bits per heavy atom. The SMILES string of the molecule is COC(=O)c1c(NC(=O)c2nn(C(C)C)c(=O)c3ccccc23)sc2c1CCCCC2. The number of nitrogens with one attached hydrogen (secondary N) is 1. The third-order valence-corrected chi connectivity index (χ3v) is 6.78. The number of aryl methyl sites for hydroxylation is 1. The highest BCUT2D eigenvalue weighted by Gasteiger charge is 2.27. The molecule has 0 saturated carbocycles. The van der Waals surface area contributed by atoms with Crippen LogP contribution >= 0.6 is 11.3 Å². The second-order valence-electron chi connectivity index (χ2n) is 7.95. The molecule has 3 aromatic rings. The first-order chi connectivity index (χ1) is 14.9. The highest BCUT2D eigenvalue weighted by Crippen LogP contribution is 2.38. The van der Waals surface area contributed by atoms with Crippen molar-refractivity contribution in [2.75, 3.05) is 12.4 Å². The molecule has 0 spiro atoms. The van der Waals surface area contributed by atoms with Crippen LogP contribution in [0.25, 0.3) is 10.8 Å². The zero-order valence-electron chi connectivity index (χ0n) is 17.9. The van der Waals surface area contributed by atoms with E-state index in [0.29, 0.717) is 21.3 Å². The van der Waals surface area contributed by atoms with Gasteiger partial charge in [-0.3, -0.25) is 9.59 Å². The Labute approximate surface area is 184 Å². The number of anilines is 1. The molecule has 2 heterocycles. The van der Waals surface area contributed by atoms with Crippen molar-refractivity contribution in [2.24, 2.45) is 0 Å². The van der Waals surface area contributed by atoms with Crippen LogP contribution in [0.5, 0.6) is 0 Å². The van der Waals surface area contributed by atoms with Crippen molar-refractivity contribution >= 4 is 39.0 Å². The van der Waals surface area contributed by atoms with Crippen molar-refractivity contribution in [3.63, 3.8) is 0 Å². The van der Waals surface area contributed by atoms with Crippen molar-refractivity contribution in [3.8, 4) is 0 Å². The van der Waals surface area contributed by atoms with E-state index in [0.717, 1.165) is 42.5 Å². The van der Waals surface area contributed by atoms with Gasteiger partial charge in [-0.1, -0.05) is 24.6 Å². The normalized spacial score (nSPS) is 13.7. The number of nitrogens with zero attached hydrogens (tertiary/aromatic N) is 2. The lowest BCUT2D eigenvalue weighted by molar-refractivity contribution is 0.0601. The fourth-order valence-corrected chi connectivity index (χ4v) is 5.31. The van der Waals surface area contributed by atoms with E-state index in [1.807, 2.05) is 13.8 Å². The number of ether oxygens (including phenoxy) is 1. The molecule has 1 aromatic carbocycles. The third-order valence-electron chi connectivity index (χ3n) is 5.57. The number of esters is 1. The Balaban J connectivity index is 1.81. The standard InChI is InChI=1S/C23H25N3O4S/c1-13(2)26-22(28)15-10-8-7-9-14(15)19(25-26)20(27)24-21-18(23(29)30-3)16-11-5-4-6-12-17(16)31-21/h7-10,13H,4-6,11-12H2,1-3H3,(H,24,27). The number of methoxy groups -OCH3 is 1. The van der Waals surface area contributed by atoms with Crippen LogP contribution in [0.1, 0.15) is 70.4 Å². The molecule has 8 heteroatoms. The van der Waals surface area contributed by atoms with Crippen LogP contribution in [0.2, 0.25) is 0 Å². The van der Waals surface area contributed by atoms with Crippen LogP contribution in [0.4, 0.5) is 5.00 Å². The minimum absolute atomic E-state index is 0.156. The molecule has 2 aromatic heterocycles. The number of hydrogen-bond acceptors (Lipinski definition) is 6. The Hall–Kier alpha value is -3.00. The first-order valence-corrected chi connectivity index (χ1v) is 11.3. The Morgan fingerprint density at radius 3 is 2.55 bits per heavy atom. The van der Waals surface area contributed by atoms with Crippen LogP contribution in [0, 0.1) is 0 Å². The van der Waals surface area contributed by atoms with E-state index in [4.69, 9.17) is 4.74 Å². The molecule has 1 N–H and O–H groups in total. The minimum Gasteiger partial charge on any atom is -0.465 e. The van der Waals surface area contributed by atoms with Gasteiger partial charge >= 0.3 is 5.97 Å². The van der Waals surface area contributed by atoms with Gasteiger partial charge in [0.15, 0.2) is 5.69 Å². The third kappa shape index (κ3) is 3.87. The summed E-state index contributed by atoms with van der Waals surface area (Å²) >= 11 is 1.43. The van der Waals surface area contributed by atoms with E-state index in [-0.39, 0.29) is 17.3 Å². The van der Waals surface area contributed by atoms with Gasteiger partial charge in [0, 0.05) is 10.3 Å². The van der Waals surface area contributed by atoms with E-state index in [1.54, 1.807) is 24.3 Å². The molecule has 0 fully saturated rings. The predicted molar refractivity (Wildman–Crippen MR) is 121 cm³/mol. The number of fused-ring (bicyclic) bond motifs is 2. The van der Waals surface area contributed by atoms with E-state index in [2.05, 4.69) is 10.4 Å². The summed E-state index contributed by atoms with van der Waals surface area (Å²) in [5, 5.41) is 8.67. The summed E-state index contributed by atoms with van der Waals surface area (Å²) < 4.78 is 6.34. The Bertz CT molecular complexity index is 1230. The summed E-state index contributed by atoms with van der Waals surface area (Å²) in [6.45, 7) is 3.69. The van der Waals surface area contributed by atoms with Gasteiger partial charge in [-0.25, -0.2) is 9.48 Å².